The van der Waals surface area contributed by atoms with Crippen LogP contribution >= 0.6 is 0 Å². The van der Waals surface area contributed by atoms with E-state index in [-0.39, 0.29) is 18.0 Å². The molecule has 0 saturated heterocycles. The fourth-order valence-electron chi connectivity index (χ4n) is 3.74. The number of hydrogen-bond acceptors (Lipinski definition) is 3. The van der Waals surface area contributed by atoms with E-state index in [2.05, 4.69) is 11.8 Å². The van der Waals surface area contributed by atoms with Crippen molar-refractivity contribution in [2.24, 2.45) is 5.41 Å². The fourth-order valence-corrected chi connectivity index (χ4v) is 3.74. The number of benzene rings is 1. The second kappa shape index (κ2) is 6.14. The summed E-state index contributed by atoms with van der Waals surface area (Å²) in [5.41, 5.74) is -0.343. The molecule has 0 heterocycles. The summed E-state index contributed by atoms with van der Waals surface area (Å²) in [4.78, 5) is 11.8. The molecular weight excluding hydrogens is 276 g/mol. The van der Waals surface area contributed by atoms with Crippen LogP contribution in [0.4, 0.5) is 0 Å². The number of hydrogen-bond donors (Lipinski definition) is 1. The molecule has 3 nitrogen and oxygen atoms in total. The predicted molar refractivity (Wildman–Crippen MR) is 84.2 cm³/mol. The lowest BCUT2D eigenvalue weighted by molar-refractivity contribution is -0.141. The van der Waals surface area contributed by atoms with Crippen molar-refractivity contribution in [1.29, 1.82) is 0 Å². The van der Waals surface area contributed by atoms with Crippen molar-refractivity contribution in [2.45, 2.75) is 50.5 Å². The Kier molecular flexibility index (Phi) is 4.22. The summed E-state index contributed by atoms with van der Waals surface area (Å²) < 4.78 is 5.14. The normalized spacial score (nSPS) is 25.7. The van der Waals surface area contributed by atoms with E-state index < -0.39 is 5.60 Å². The molecule has 1 atom stereocenters. The number of esters is 1. The van der Waals surface area contributed by atoms with Crippen LogP contribution in [0.3, 0.4) is 0 Å². The van der Waals surface area contributed by atoms with Gasteiger partial charge in [0.15, 0.2) is 6.61 Å². The summed E-state index contributed by atoms with van der Waals surface area (Å²) in [6.45, 7) is 0.0338. The average Bonchev–Trinajstić information content (AvgIpc) is 2.58. The Balaban J connectivity index is 1.56. The smallest absolute Gasteiger partial charge is 0.339 e. The Bertz CT molecular complexity index is 590. The fraction of sp³-hybridized carbons (Fsp3) is 0.526. The van der Waals surface area contributed by atoms with Crippen molar-refractivity contribution in [2.75, 3.05) is 6.61 Å². The standard InChI is InChI=1S/C19H22O3/c20-17(16-8-3-1-4-9-16)22-15-7-12-19(21)14-13-18(19)10-5-2-6-11-18/h1,3-4,8-9,21H,2,5-6,10-11,13-15H2. The minimum absolute atomic E-state index is 0.00168. The largest absolute Gasteiger partial charge is 0.449 e. The van der Waals surface area contributed by atoms with Crippen LogP contribution in [0, 0.1) is 17.3 Å². The van der Waals surface area contributed by atoms with E-state index >= 15 is 0 Å². The van der Waals surface area contributed by atoms with Gasteiger partial charge < -0.3 is 9.84 Å². The molecule has 1 aromatic carbocycles. The van der Waals surface area contributed by atoms with Crippen molar-refractivity contribution in [3.05, 3.63) is 35.9 Å². The topological polar surface area (TPSA) is 46.5 Å². The highest BCUT2D eigenvalue weighted by atomic mass is 16.5. The average molecular weight is 298 g/mol. The van der Waals surface area contributed by atoms with Gasteiger partial charge in [0.1, 0.15) is 5.60 Å². The molecule has 0 aromatic heterocycles. The first-order valence-electron chi connectivity index (χ1n) is 8.10. The van der Waals surface area contributed by atoms with Gasteiger partial charge in [-0.1, -0.05) is 49.3 Å². The Morgan fingerprint density at radius 2 is 1.82 bits per heavy atom. The summed E-state index contributed by atoms with van der Waals surface area (Å²) in [6.07, 6.45) is 7.60. The maximum atomic E-state index is 11.8. The molecule has 3 rings (SSSR count). The molecule has 2 fully saturated rings. The highest BCUT2D eigenvalue weighted by molar-refractivity contribution is 5.89. The molecular formula is C19H22O3. The first-order valence-corrected chi connectivity index (χ1v) is 8.10. The number of aliphatic hydroxyl groups is 1. The summed E-state index contributed by atoms with van der Waals surface area (Å²) in [5, 5.41) is 10.8. The number of rotatable bonds is 2. The molecule has 2 aliphatic carbocycles. The lowest BCUT2D eigenvalue weighted by Crippen LogP contribution is -2.57. The molecule has 22 heavy (non-hydrogen) atoms. The van der Waals surface area contributed by atoms with Gasteiger partial charge in [-0.2, -0.15) is 0 Å². The second-order valence-electron chi connectivity index (χ2n) is 6.45. The van der Waals surface area contributed by atoms with Crippen LogP contribution in [-0.2, 0) is 4.74 Å². The van der Waals surface area contributed by atoms with Gasteiger partial charge >= 0.3 is 5.97 Å². The number of carbonyl (C=O) groups excluding carboxylic acids is 1. The third kappa shape index (κ3) is 2.76. The third-order valence-electron chi connectivity index (χ3n) is 5.23. The van der Waals surface area contributed by atoms with Gasteiger partial charge in [-0.15, -0.1) is 0 Å². The van der Waals surface area contributed by atoms with Gasteiger partial charge in [0.25, 0.3) is 0 Å². The van der Waals surface area contributed by atoms with E-state index in [1.807, 2.05) is 6.07 Å². The van der Waals surface area contributed by atoms with Gasteiger partial charge in [0.05, 0.1) is 5.56 Å². The van der Waals surface area contributed by atoms with Crippen LogP contribution < -0.4 is 0 Å². The zero-order valence-corrected chi connectivity index (χ0v) is 12.8. The molecule has 0 aliphatic heterocycles. The van der Waals surface area contributed by atoms with E-state index in [0.29, 0.717) is 5.56 Å². The molecule has 2 saturated carbocycles. The van der Waals surface area contributed by atoms with Gasteiger partial charge in [-0.3, -0.25) is 0 Å². The van der Waals surface area contributed by atoms with Crippen LogP contribution in [-0.4, -0.2) is 23.3 Å². The molecule has 1 unspecified atom stereocenters. The maximum Gasteiger partial charge on any atom is 0.339 e. The van der Waals surface area contributed by atoms with E-state index in [4.69, 9.17) is 4.74 Å². The first-order chi connectivity index (χ1) is 10.7. The molecule has 1 N–H and O–H groups in total. The lowest BCUT2D eigenvalue weighted by Gasteiger charge is -2.55. The zero-order chi connectivity index (χ0) is 15.5. The van der Waals surface area contributed by atoms with E-state index in [9.17, 15) is 9.90 Å². The summed E-state index contributed by atoms with van der Waals surface area (Å²) in [6, 6.07) is 8.88. The Hall–Kier alpha value is -1.79. The van der Waals surface area contributed by atoms with Crippen molar-refractivity contribution >= 4 is 5.97 Å². The summed E-state index contributed by atoms with van der Waals surface area (Å²) >= 11 is 0. The van der Waals surface area contributed by atoms with Crippen molar-refractivity contribution < 1.29 is 14.6 Å². The SMILES string of the molecule is O=C(OCC#CC1(O)CCC12CCCCC2)c1ccccc1. The third-order valence-corrected chi connectivity index (χ3v) is 5.23. The minimum Gasteiger partial charge on any atom is -0.449 e. The summed E-state index contributed by atoms with van der Waals surface area (Å²) in [7, 11) is 0. The first kappa shape index (κ1) is 15.1. The molecule has 0 radical (unpaired) electrons. The van der Waals surface area contributed by atoms with Crippen LogP contribution in [0.1, 0.15) is 55.3 Å². The van der Waals surface area contributed by atoms with E-state index in [0.717, 1.165) is 25.7 Å². The van der Waals surface area contributed by atoms with Crippen molar-refractivity contribution in [1.82, 2.24) is 0 Å². The lowest BCUT2D eigenvalue weighted by atomic mass is 9.51. The highest BCUT2D eigenvalue weighted by Crippen LogP contribution is 2.58. The second-order valence-corrected chi connectivity index (χ2v) is 6.45. The Labute approximate surface area is 131 Å². The van der Waals surface area contributed by atoms with Crippen LogP contribution in [0.5, 0.6) is 0 Å². The van der Waals surface area contributed by atoms with E-state index in [1.54, 1.807) is 24.3 Å². The number of ether oxygens (including phenoxy) is 1. The van der Waals surface area contributed by atoms with Crippen molar-refractivity contribution in [3.8, 4) is 11.8 Å². The minimum atomic E-state index is -0.868. The molecule has 1 aromatic rings. The quantitative estimate of drug-likeness (QED) is 0.673. The van der Waals surface area contributed by atoms with E-state index in [1.165, 1.54) is 19.3 Å². The van der Waals surface area contributed by atoms with Gasteiger partial charge in [-0.05, 0) is 37.8 Å². The zero-order valence-electron chi connectivity index (χ0n) is 12.8. The molecule has 3 heteroatoms. The molecule has 1 spiro atoms. The van der Waals surface area contributed by atoms with Gasteiger partial charge in [-0.25, -0.2) is 4.79 Å². The number of carbonyl (C=O) groups is 1. The van der Waals surface area contributed by atoms with Crippen LogP contribution in [0.2, 0.25) is 0 Å². The molecule has 0 amide bonds. The summed E-state index contributed by atoms with van der Waals surface area (Å²) in [5.74, 6) is 5.48. The van der Waals surface area contributed by atoms with Crippen molar-refractivity contribution in [3.63, 3.8) is 0 Å². The van der Waals surface area contributed by atoms with Gasteiger partial charge in [0.2, 0.25) is 0 Å². The maximum absolute atomic E-state index is 11.8. The molecule has 116 valence electrons. The monoisotopic (exact) mass is 298 g/mol. The van der Waals surface area contributed by atoms with Gasteiger partial charge in [0, 0.05) is 5.41 Å². The Morgan fingerprint density at radius 3 is 2.45 bits per heavy atom. The molecule has 0 bridgehead atoms. The highest BCUT2D eigenvalue weighted by Gasteiger charge is 2.57. The van der Waals surface area contributed by atoms with Crippen LogP contribution in [0.25, 0.3) is 0 Å². The predicted octanol–water partition coefficient (Wildman–Crippen LogP) is 3.32. The Morgan fingerprint density at radius 1 is 1.09 bits per heavy atom. The van der Waals surface area contributed by atoms with Crippen LogP contribution in [0.15, 0.2) is 30.3 Å². The molecule has 2 aliphatic rings.